The van der Waals surface area contributed by atoms with Crippen molar-refractivity contribution < 1.29 is 21.7 Å². The van der Waals surface area contributed by atoms with Crippen molar-refractivity contribution in [3.8, 4) is 11.4 Å². The van der Waals surface area contributed by atoms with Gasteiger partial charge in [0, 0.05) is 23.6 Å². The molecule has 4 rings (SSSR count). The molecule has 1 atom stereocenters. The minimum Gasteiger partial charge on any atom is -0.381 e. The topological polar surface area (TPSA) is 83.3 Å². The fraction of sp³-hybridized carbons (Fsp3) is 0.556. The highest BCUT2D eigenvalue weighted by Gasteiger charge is 2.40. The van der Waals surface area contributed by atoms with Crippen LogP contribution in [-0.2, 0) is 32.0 Å². The van der Waals surface area contributed by atoms with E-state index >= 15 is 0 Å². The summed E-state index contributed by atoms with van der Waals surface area (Å²) in [5.41, 5.74) is 2.07. The van der Waals surface area contributed by atoms with Crippen LogP contribution >= 0.6 is 0 Å². The van der Waals surface area contributed by atoms with Gasteiger partial charge in [0.25, 0.3) is 10.1 Å². The van der Waals surface area contributed by atoms with E-state index in [1.54, 1.807) is 6.07 Å². The normalized spacial score (nSPS) is 23.0. The molecule has 7 nitrogen and oxygen atoms in total. The first-order valence-corrected chi connectivity index (χ1v) is 10.7. The summed E-state index contributed by atoms with van der Waals surface area (Å²) in [6.45, 7) is 2.13. The van der Waals surface area contributed by atoms with Crippen LogP contribution in [0.15, 0.2) is 24.4 Å². The average molecular weight is 395 g/mol. The van der Waals surface area contributed by atoms with E-state index in [-0.39, 0.29) is 17.8 Å². The first-order valence-electron chi connectivity index (χ1n) is 8.93. The molecule has 9 heteroatoms. The van der Waals surface area contributed by atoms with Gasteiger partial charge in [-0.3, -0.25) is 13.8 Å². The van der Waals surface area contributed by atoms with Crippen molar-refractivity contribution in [2.45, 2.75) is 25.8 Å². The van der Waals surface area contributed by atoms with Gasteiger partial charge in [-0.05, 0) is 37.5 Å². The maximum Gasteiger partial charge on any atom is 0.264 e. The third-order valence-electron chi connectivity index (χ3n) is 5.26. The maximum atomic E-state index is 13.1. The van der Waals surface area contributed by atoms with Crippen molar-refractivity contribution in [1.29, 1.82) is 0 Å². The molecule has 0 spiro atoms. The van der Waals surface area contributed by atoms with E-state index in [1.807, 2.05) is 10.7 Å². The number of rotatable bonds is 6. The lowest BCUT2D eigenvalue weighted by atomic mass is 9.74. The quantitative estimate of drug-likeness (QED) is 0.696. The van der Waals surface area contributed by atoms with Crippen molar-refractivity contribution >= 4 is 10.1 Å². The Bertz CT molecular complexity index is 925. The van der Waals surface area contributed by atoms with Gasteiger partial charge in [0.15, 0.2) is 0 Å². The molecule has 0 aromatic carbocycles. The lowest BCUT2D eigenvalue weighted by Gasteiger charge is -2.41. The molecule has 146 valence electrons. The predicted molar refractivity (Wildman–Crippen MR) is 95.9 cm³/mol. The highest BCUT2D eigenvalue weighted by Crippen LogP contribution is 2.40. The van der Waals surface area contributed by atoms with Crippen LogP contribution in [-0.4, -0.2) is 49.3 Å². The SMILES string of the molecule is CS(=O)(=O)OCC1(CC2COC2)CCc2cc(-c3ccc(F)cn3)nn2C1. The van der Waals surface area contributed by atoms with Gasteiger partial charge in [-0.2, -0.15) is 13.5 Å². The molecule has 0 N–H and O–H groups in total. The van der Waals surface area contributed by atoms with Crippen molar-refractivity contribution in [3.05, 3.63) is 35.9 Å². The Morgan fingerprint density at radius 3 is 2.81 bits per heavy atom. The van der Waals surface area contributed by atoms with E-state index in [2.05, 4.69) is 10.1 Å². The van der Waals surface area contributed by atoms with Gasteiger partial charge in [-0.1, -0.05) is 0 Å². The molecule has 0 bridgehead atoms. The van der Waals surface area contributed by atoms with Gasteiger partial charge >= 0.3 is 0 Å². The molecule has 2 aliphatic rings. The van der Waals surface area contributed by atoms with E-state index in [4.69, 9.17) is 8.92 Å². The van der Waals surface area contributed by atoms with Crippen LogP contribution in [0.5, 0.6) is 0 Å². The van der Waals surface area contributed by atoms with Crippen molar-refractivity contribution in [1.82, 2.24) is 14.8 Å². The molecule has 0 radical (unpaired) electrons. The van der Waals surface area contributed by atoms with Gasteiger partial charge in [0.1, 0.15) is 11.5 Å². The summed E-state index contributed by atoms with van der Waals surface area (Å²) in [5, 5.41) is 4.64. The summed E-state index contributed by atoms with van der Waals surface area (Å²) >= 11 is 0. The number of pyridine rings is 1. The fourth-order valence-electron chi connectivity index (χ4n) is 3.83. The van der Waals surface area contributed by atoms with Gasteiger partial charge in [0.05, 0.1) is 38.0 Å². The number of aryl methyl sites for hydroxylation is 1. The number of fused-ring (bicyclic) bond motifs is 1. The van der Waals surface area contributed by atoms with E-state index in [0.29, 0.717) is 37.1 Å². The minimum absolute atomic E-state index is 0.145. The summed E-state index contributed by atoms with van der Waals surface area (Å²) in [7, 11) is -3.51. The first-order chi connectivity index (χ1) is 12.8. The molecule has 0 saturated carbocycles. The van der Waals surface area contributed by atoms with E-state index in [9.17, 15) is 12.8 Å². The lowest BCUT2D eigenvalue weighted by molar-refractivity contribution is -0.0674. The number of hydrogen-bond donors (Lipinski definition) is 0. The molecule has 1 unspecified atom stereocenters. The van der Waals surface area contributed by atoms with Gasteiger partial charge in [-0.15, -0.1) is 0 Å². The third kappa shape index (κ3) is 4.20. The fourth-order valence-corrected chi connectivity index (χ4v) is 4.29. The second-order valence-electron chi connectivity index (χ2n) is 7.61. The van der Waals surface area contributed by atoms with E-state index < -0.39 is 10.1 Å². The van der Waals surface area contributed by atoms with Crippen LogP contribution in [0.25, 0.3) is 11.4 Å². The summed E-state index contributed by atoms with van der Waals surface area (Å²) in [6.07, 6.45) is 4.68. The van der Waals surface area contributed by atoms with Crippen LogP contribution in [0.2, 0.25) is 0 Å². The number of halogens is 1. The van der Waals surface area contributed by atoms with Gasteiger partial charge < -0.3 is 4.74 Å². The van der Waals surface area contributed by atoms with Crippen LogP contribution in [0.3, 0.4) is 0 Å². The van der Waals surface area contributed by atoms with Crippen molar-refractivity contribution in [2.24, 2.45) is 11.3 Å². The van der Waals surface area contributed by atoms with Crippen molar-refractivity contribution in [3.63, 3.8) is 0 Å². The molecule has 27 heavy (non-hydrogen) atoms. The van der Waals surface area contributed by atoms with Crippen LogP contribution in [0, 0.1) is 17.2 Å². The summed E-state index contributed by atoms with van der Waals surface area (Å²) < 4.78 is 48.6. The Balaban J connectivity index is 1.58. The molecule has 2 aliphatic heterocycles. The molecule has 1 fully saturated rings. The molecular weight excluding hydrogens is 373 g/mol. The molecule has 0 aliphatic carbocycles. The Kier molecular flexibility index (Phi) is 4.77. The number of nitrogens with zero attached hydrogens (tertiary/aromatic N) is 3. The Morgan fingerprint density at radius 2 is 2.19 bits per heavy atom. The summed E-state index contributed by atoms with van der Waals surface area (Å²) in [4.78, 5) is 4.10. The largest absolute Gasteiger partial charge is 0.381 e. The molecule has 0 amide bonds. The van der Waals surface area contributed by atoms with E-state index in [1.165, 1.54) is 12.3 Å². The average Bonchev–Trinajstić information content (AvgIpc) is 2.99. The smallest absolute Gasteiger partial charge is 0.264 e. The van der Waals surface area contributed by atoms with Gasteiger partial charge in [0.2, 0.25) is 0 Å². The zero-order valence-corrected chi connectivity index (χ0v) is 15.9. The van der Waals surface area contributed by atoms with Crippen molar-refractivity contribution in [2.75, 3.05) is 26.1 Å². The Hall–Kier alpha value is -1.84. The number of hydrogen-bond acceptors (Lipinski definition) is 6. The highest BCUT2D eigenvalue weighted by molar-refractivity contribution is 7.85. The predicted octanol–water partition coefficient (Wildman–Crippen LogP) is 2.03. The maximum absolute atomic E-state index is 13.1. The monoisotopic (exact) mass is 395 g/mol. The van der Waals surface area contributed by atoms with Crippen LogP contribution in [0.1, 0.15) is 18.5 Å². The summed E-state index contributed by atoms with van der Waals surface area (Å²) in [5.74, 6) is 0.0332. The van der Waals surface area contributed by atoms with Crippen LogP contribution < -0.4 is 0 Å². The minimum atomic E-state index is -3.51. The third-order valence-corrected chi connectivity index (χ3v) is 5.80. The zero-order chi connectivity index (χ0) is 19.1. The molecule has 4 heterocycles. The lowest BCUT2D eigenvalue weighted by Crippen LogP contribution is -2.43. The number of ether oxygens (including phenoxy) is 1. The van der Waals surface area contributed by atoms with Crippen LogP contribution in [0.4, 0.5) is 4.39 Å². The first kappa shape index (κ1) is 18.5. The molecule has 1 saturated heterocycles. The summed E-state index contributed by atoms with van der Waals surface area (Å²) in [6, 6.07) is 4.94. The standard InChI is InChI=1S/C18H22FN3O4S/c1-27(23,24)26-12-18(7-13-9-25-10-13)5-4-15-6-17(21-22(15)11-18)16-3-2-14(19)8-20-16/h2-3,6,8,13H,4-5,7,9-12H2,1H3. The Labute approximate surface area is 157 Å². The molecule has 2 aromatic rings. The van der Waals surface area contributed by atoms with E-state index in [0.717, 1.165) is 31.2 Å². The molecular formula is C18H22FN3O4S. The number of aromatic nitrogens is 3. The molecule has 2 aromatic heterocycles. The second kappa shape index (κ2) is 6.96. The second-order valence-corrected chi connectivity index (χ2v) is 9.26. The Morgan fingerprint density at radius 1 is 1.37 bits per heavy atom. The van der Waals surface area contributed by atoms with Gasteiger partial charge in [-0.25, -0.2) is 4.39 Å². The highest BCUT2D eigenvalue weighted by atomic mass is 32.2. The zero-order valence-electron chi connectivity index (χ0n) is 15.1.